The van der Waals surface area contributed by atoms with E-state index in [1.165, 1.54) is 0 Å². The van der Waals surface area contributed by atoms with Crippen molar-refractivity contribution in [2.24, 2.45) is 0 Å². The second-order valence-corrected chi connectivity index (χ2v) is 9.96. The highest BCUT2D eigenvalue weighted by molar-refractivity contribution is 6.09. The quantitative estimate of drug-likeness (QED) is 0.270. The van der Waals surface area contributed by atoms with Crippen LogP contribution in [0.2, 0.25) is 0 Å². The maximum Gasteiger partial charge on any atom is 0.240 e. The number of aromatic hydroxyl groups is 1. The number of aromatic amines is 2. The minimum atomic E-state index is -0.433. The number of para-hydroxylation sites is 2. The zero-order valence-electron chi connectivity index (χ0n) is 21.1. The van der Waals surface area contributed by atoms with Gasteiger partial charge in [0.2, 0.25) is 5.91 Å². The fourth-order valence-electron chi connectivity index (χ4n) is 5.52. The zero-order valence-corrected chi connectivity index (χ0v) is 21.1. The Balaban J connectivity index is 1.24. The van der Waals surface area contributed by atoms with E-state index in [4.69, 9.17) is 0 Å². The molecule has 192 valence electrons. The minimum Gasteiger partial charge on any atom is -0.508 e. The van der Waals surface area contributed by atoms with Gasteiger partial charge in [-0.05, 0) is 48.2 Å². The molecule has 5 aromatic rings. The number of phenols is 1. The van der Waals surface area contributed by atoms with E-state index >= 15 is 0 Å². The average Bonchev–Trinajstić information content (AvgIpc) is 3.56. The number of rotatable bonds is 8. The number of Topliss-reactive ketones (excluding diaryl/α,β-unsaturated/α-hetero) is 1. The molecule has 1 saturated heterocycles. The molecule has 0 bridgehead atoms. The topological polar surface area (TPSA) is 92.4 Å². The van der Waals surface area contributed by atoms with E-state index < -0.39 is 6.04 Å². The number of piperazine rings is 1. The van der Waals surface area contributed by atoms with E-state index in [0.29, 0.717) is 38.0 Å². The van der Waals surface area contributed by atoms with Crippen LogP contribution >= 0.6 is 0 Å². The zero-order chi connectivity index (χ0) is 26.1. The Labute approximate surface area is 220 Å². The van der Waals surface area contributed by atoms with Gasteiger partial charge in [0.05, 0.1) is 12.6 Å². The maximum atomic E-state index is 13.9. The second kappa shape index (κ2) is 10.2. The van der Waals surface area contributed by atoms with Gasteiger partial charge in [0.15, 0.2) is 5.78 Å². The summed E-state index contributed by atoms with van der Waals surface area (Å²) in [5, 5.41) is 11.6. The smallest absolute Gasteiger partial charge is 0.240 e. The van der Waals surface area contributed by atoms with Gasteiger partial charge in [-0.1, -0.05) is 48.5 Å². The molecule has 7 heteroatoms. The lowest BCUT2D eigenvalue weighted by atomic mass is 9.99. The highest BCUT2D eigenvalue weighted by Gasteiger charge is 2.36. The molecule has 0 aliphatic carbocycles. The number of phenolic OH excluding ortho intramolecular Hbond substituents is 1. The molecule has 6 rings (SSSR count). The van der Waals surface area contributed by atoms with Gasteiger partial charge in [-0.15, -0.1) is 0 Å². The summed E-state index contributed by atoms with van der Waals surface area (Å²) in [6, 6.07) is 22.6. The van der Waals surface area contributed by atoms with Crippen molar-refractivity contribution >= 4 is 33.5 Å². The van der Waals surface area contributed by atoms with Gasteiger partial charge in [-0.3, -0.25) is 14.5 Å². The SMILES string of the molecule is O=C(CN1CCN(CCc2ccc(O)cc2)C(=O)[C@H]1Cc1c[nH]c2ccccc12)c1c[nH]c2ccccc12. The first kappa shape index (κ1) is 24.0. The molecule has 3 heterocycles. The Morgan fingerprint density at radius 1 is 0.868 bits per heavy atom. The molecule has 3 N–H and O–H groups in total. The normalized spacial score (nSPS) is 16.5. The summed E-state index contributed by atoms with van der Waals surface area (Å²) in [5.41, 5.74) is 4.77. The molecular weight excluding hydrogens is 476 g/mol. The van der Waals surface area contributed by atoms with Crippen molar-refractivity contribution in [1.29, 1.82) is 0 Å². The molecule has 38 heavy (non-hydrogen) atoms. The molecule has 3 aromatic carbocycles. The third-order valence-electron chi connectivity index (χ3n) is 7.63. The molecule has 1 amide bonds. The highest BCUT2D eigenvalue weighted by atomic mass is 16.3. The van der Waals surface area contributed by atoms with Crippen LogP contribution in [0.5, 0.6) is 5.75 Å². The lowest BCUT2D eigenvalue weighted by Gasteiger charge is -2.40. The van der Waals surface area contributed by atoms with Crippen LogP contribution in [0.3, 0.4) is 0 Å². The van der Waals surface area contributed by atoms with Gasteiger partial charge in [0, 0.05) is 59.4 Å². The Morgan fingerprint density at radius 3 is 2.34 bits per heavy atom. The molecule has 0 radical (unpaired) electrons. The Kier molecular flexibility index (Phi) is 6.43. The lowest BCUT2D eigenvalue weighted by molar-refractivity contribution is -0.141. The number of ketones is 1. The number of amides is 1. The lowest BCUT2D eigenvalue weighted by Crippen LogP contribution is -2.59. The third-order valence-corrected chi connectivity index (χ3v) is 7.63. The summed E-state index contributed by atoms with van der Waals surface area (Å²) < 4.78 is 0. The number of carbonyl (C=O) groups is 2. The first-order valence-corrected chi connectivity index (χ1v) is 13.0. The Bertz CT molecular complexity index is 1600. The first-order chi connectivity index (χ1) is 18.6. The first-order valence-electron chi connectivity index (χ1n) is 13.0. The number of hydrogen-bond acceptors (Lipinski definition) is 4. The molecule has 2 aromatic heterocycles. The third kappa shape index (κ3) is 4.68. The monoisotopic (exact) mass is 506 g/mol. The number of benzene rings is 3. The number of nitrogens with zero attached hydrogens (tertiary/aromatic N) is 2. The van der Waals surface area contributed by atoms with E-state index in [2.05, 4.69) is 16.0 Å². The molecule has 7 nitrogen and oxygen atoms in total. The van der Waals surface area contributed by atoms with E-state index in [1.807, 2.05) is 70.6 Å². The van der Waals surface area contributed by atoms with Crippen LogP contribution in [0.4, 0.5) is 0 Å². The Morgan fingerprint density at radius 2 is 1.55 bits per heavy atom. The fraction of sp³-hybridized carbons (Fsp3) is 0.226. The average molecular weight is 507 g/mol. The van der Waals surface area contributed by atoms with Gasteiger partial charge in [0.1, 0.15) is 5.75 Å². The van der Waals surface area contributed by atoms with Gasteiger partial charge >= 0.3 is 0 Å². The molecule has 0 spiro atoms. The van der Waals surface area contributed by atoms with Crippen LogP contribution in [-0.2, 0) is 17.6 Å². The second-order valence-electron chi connectivity index (χ2n) is 9.96. The summed E-state index contributed by atoms with van der Waals surface area (Å²) in [6.45, 7) is 1.98. The summed E-state index contributed by atoms with van der Waals surface area (Å²) in [7, 11) is 0. The van der Waals surface area contributed by atoms with Crippen molar-refractivity contribution in [3.05, 3.63) is 102 Å². The number of H-pyrrole nitrogens is 2. The van der Waals surface area contributed by atoms with Crippen LogP contribution in [0.1, 0.15) is 21.5 Å². The molecule has 0 unspecified atom stereocenters. The number of carbonyl (C=O) groups excluding carboxylic acids is 2. The van der Waals surface area contributed by atoms with Crippen molar-refractivity contribution in [2.45, 2.75) is 18.9 Å². The number of hydrogen-bond donors (Lipinski definition) is 3. The standard InChI is InChI=1S/C31H30N4O3/c36-23-11-9-21(10-12-23)13-14-34-15-16-35(20-30(37)26-19-33-28-8-4-2-6-25(26)28)29(31(34)38)17-22-18-32-27-7-3-1-5-24(22)27/h1-12,18-19,29,32-33,36H,13-17,20H2/t29-/m1/s1. The van der Waals surface area contributed by atoms with Gasteiger partial charge in [0.25, 0.3) is 0 Å². The molecular formula is C31H30N4O3. The molecule has 0 saturated carbocycles. The van der Waals surface area contributed by atoms with E-state index in [9.17, 15) is 14.7 Å². The predicted octanol–water partition coefficient (Wildman–Crippen LogP) is 4.54. The maximum absolute atomic E-state index is 13.9. The molecule has 1 aliphatic rings. The predicted molar refractivity (Wildman–Crippen MR) is 148 cm³/mol. The van der Waals surface area contributed by atoms with Crippen LogP contribution in [0.15, 0.2) is 85.2 Å². The van der Waals surface area contributed by atoms with Gasteiger partial charge in [-0.2, -0.15) is 0 Å². The minimum absolute atomic E-state index is 0.0109. The van der Waals surface area contributed by atoms with E-state index in [1.54, 1.807) is 18.3 Å². The van der Waals surface area contributed by atoms with Crippen molar-refractivity contribution in [3.8, 4) is 5.75 Å². The van der Waals surface area contributed by atoms with Crippen molar-refractivity contribution in [2.75, 3.05) is 26.2 Å². The molecule has 1 atom stereocenters. The van der Waals surface area contributed by atoms with Crippen molar-refractivity contribution in [1.82, 2.24) is 19.8 Å². The largest absolute Gasteiger partial charge is 0.508 e. The number of aromatic nitrogens is 2. The fourth-order valence-corrected chi connectivity index (χ4v) is 5.52. The van der Waals surface area contributed by atoms with E-state index in [-0.39, 0.29) is 24.0 Å². The van der Waals surface area contributed by atoms with Crippen LogP contribution in [-0.4, -0.2) is 68.8 Å². The van der Waals surface area contributed by atoms with Crippen molar-refractivity contribution < 1.29 is 14.7 Å². The van der Waals surface area contributed by atoms with Gasteiger partial charge < -0.3 is 20.0 Å². The summed E-state index contributed by atoms with van der Waals surface area (Å²) in [4.78, 5) is 37.8. The Hall–Kier alpha value is -4.36. The van der Waals surface area contributed by atoms with Crippen LogP contribution in [0, 0.1) is 0 Å². The van der Waals surface area contributed by atoms with Crippen molar-refractivity contribution in [3.63, 3.8) is 0 Å². The van der Waals surface area contributed by atoms with Crippen LogP contribution < -0.4 is 0 Å². The van der Waals surface area contributed by atoms with Gasteiger partial charge in [-0.25, -0.2) is 0 Å². The van der Waals surface area contributed by atoms with Crippen LogP contribution in [0.25, 0.3) is 21.8 Å². The molecule has 1 aliphatic heterocycles. The molecule has 1 fully saturated rings. The summed E-state index contributed by atoms with van der Waals surface area (Å²) in [6.07, 6.45) is 4.99. The highest BCUT2D eigenvalue weighted by Crippen LogP contribution is 2.25. The van der Waals surface area contributed by atoms with E-state index in [0.717, 1.165) is 32.9 Å². The summed E-state index contributed by atoms with van der Waals surface area (Å²) in [5.74, 6) is 0.292. The number of fused-ring (bicyclic) bond motifs is 2. The summed E-state index contributed by atoms with van der Waals surface area (Å²) >= 11 is 0. The number of nitrogens with one attached hydrogen (secondary N) is 2.